The molecule has 0 atom stereocenters. The summed E-state index contributed by atoms with van der Waals surface area (Å²) in [7, 11) is -0.0368. The molecule has 0 saturated heterocycles. The van der Waals surface area contributed by atoms with Crippen molar-refractivity contribution in [1.82, 2.24) is 0 Å². The van der Waals surface area contributed by atoms with Crippen molar-refractivity contribution in [1.29, 1.82) is 0 Å². The molecule has 0 aliphatic rings. The highest BCUT2D eigenvalue weighted by molar-refractivity contribution is 7.16. The molecule has 86 valence electrons. The average Bonchev–Trinajstić information content (AvgIpc) is 2.19. The quantitative estimate of drug-likeness (QED) is 0.321. The van der Waals surface area contributed by atoms with Crippen molar-refractivity contribution >= 4 is 18.7 Å². The van der Waals surface area contributed by atoms with Gasteiger partial charge in [-0.25, -0.2) is 0 Å². The highest BCUT2D eigenvalue weighted by Crippen LogP contribution is 2.26. The van der Waals surface area contributed by atoms with E-state index < -0.39 is 7.63 Å². The first-order chi connectivity index (χ1) is 6.68. The first-order valence-electron chi connectivity index (χ1n) is 5.92. The van der Waals surface area contributed by atoms with Crippen LogP contribution in [0.5, 0.6) is 0 Å². The molecule has 0 amide bonds. The maximum Gasteiger partial charge on any atom is 0.289 e. The zero-order chi connectivity index (χ0) is 10.9. The van der Waals surface area contributed by atoms with Crippen molar-refractivity contribution in [3.05, 3.63) is 0 Å². The third kappa shape index (κ3) is 6.85. The summed E-state index contributed by atoms with van der Waals surface area (Å²) in [6.07, 6.45) is 7.59. The highest BCUT2D eigenvalue weighted by Gasteiger charge is 2.29. The molecule has 0 heterocycles. The molecule has 3 heteroatoms. The molecule has 14 heavy (non-hydrogen) atoms. The lowest BCUT2D eigenvalue weighted by Gasteiger charge is -2.22. The smallest absolute Gasteiger partial charge is 0.289 e. The minimum Gasteiger partial charge on any atom is -0.406 e. The largest absolute Gasteiger partial charge is 0.406 e. The molecule has 0 unspecified atom stereocenters. The van der Waals surface area contributed by atoms with E-state index in [2.05, 4.69) is 13.8 Å². The van der Waals surface area contributed by atoms with E-state index in [0.29, 0.717) is 0 Å². The normalized spacial score (nSPS) is 12.0. The molecule has 0 aromatic rings. The Kier molecular flexibility index (Phi) is 9.04. The molecule has 0 fully saturated rings. The lowest BCUT2D eigenvalue weighted by molar-refractivity contribution is 0.404. The van der Waals surface area contributed by atoms with Gasteiger partial charge >= 0.3 is 0 Å². The number of hydrogen-bond donors (Lipinski definition) is 0. The van der Waals surface area contributed by atoms with Crippen LogP contribution in [0.3, 0.4) is 0 Å². The maximum atomic E-state index is 6.51. The van der Waals surface area contributed by atoms with Crippen LogP contribution >= 0.6 is 11.1 Å². The molecular formula is C11H25ClOSi. The molecular weight excluding hydrogens is 212 g/mol. The fraction of sp³-hybridized carbons (Fsp3) is 1.00. The summed E-state index contributed by atoms with van der Waals surface area (Å²) in [4.78, 5) is 0. The fourth-order valence-electron chi connectivity index (χ4n) is 1.61. The van der Waals surface area contributed by atoms with Crippen LogP contribution in [0.25, 0.3) is 0 Å². The van der Waals surface area contributed by atoms with Gasteiger partial charge in [-0.15, -0.1) is 11.1 Å². The third-order valence-electron chi connectivity index (χ3n) is 2.67. The van der Waals surface area contributed by atoms with Gasteiger partial charge in [0.25, 0.3) is 7.63 Å². The summed E-state index contributed by atoms with van der Waals surface area (Å²) < 4.78 is 5.54. The van der Waals surface area contributed by atoms with Crippen LogP contribution in [0, 0.1) is 0 Å². The maximum absolute atomic E-state index is 6.51. The SMILES string of the molecule is CCCCC[Si](Cl)(CCCCC)OC. The van der Waals surface area contributed by atoms with Gasteiger partial charge in [0.1, 0.15) is 0 Å². The molecule has 0 spiro atoms. The number of halogens is 1. The topological polar surface area (TPSA) is 9.23 Å². The van der Waals surface area contributed by atoms with Gasteiger partial charge in [-0.3, -0.25) is 0 Å². The lowest BCUT2D eigenvalue weighted by atomic mass is 10.3. The van der Waals surface area contributed by atoms with E-state index in [1.807, 2.05) is 0 Å². The lowest BCUT2D eigenvalue weighted by Crippen LogP contribution is -2.29. The van der Waals surface area contributed by atoms with Gasteiger partial charge < -0.3 is 4.43 Å². The van der Waals surface area contributed by atoms with Gasteiger partial charge in [-0.1, -0.05) is 52.4 Å². The summed E-state index contributed by atoms with van der Waals surface area (Å²) in [6.45, 7) is 4.45. The number of hydrogen-bond acceptors (Lipinski definition) is 1. The molecule has 0 aromatic heterocycles. The number of unbranched alkanes of at least 4 members (excludes halogenated alkanes) is 4. The van der Waals surface area contributed by atoms with E-state index in [1.54, 1.807) is 7.11 Å². The minimum absolute atomic E-state index is 1.13. The van der Waals surface area contributed by atoms with Gasteiger partial charge in [-0.2, -0.15) is 0 Å². The van der Waals surface area contributed by atoms with E-state index in [1.165, 1.54) is 38.5 Å². The van der Waals surface area contributed by atoms with Crippen molar-refractivity contribution < 1.29 is 4.43 Å². The fourth-order valence-corrected chi connectivity index (χ4v) is 4.62. The van der Waals surface area contributed by atoms with Crippen LogP contribution in [0.1, 0.15) is 52.4 Å². The van der Waals surface area contributed by atoms with Gasteiger partial charge in [0.15, 0.2) is 0 Å². The second kappa shape index (κ2) is 8.75. The Morgan fingerprint density at radius 2 is 1.36 bits per heavy atom. The molecule has 0 aliphatic carbocycles. The standard InChI is InChI=1S/C11H25ClOSi/c1-4-6-8-10-14(12,13-3)11-9-7-5-2/h4-11H2,1-3H3. The molecule has 0 N–H and O–H groups in total. The Hall–Kier alpha value is 0.467. The van der Waals surface area contributed by atoms with Crippen molar-refractivity contribution in [3.8, 4) is 0 Å². The molecule has 0 aromatic carbocycles. The Balaban J connectivity index is 3.67. The predicted octanol–water partition coefficient (Wildman–Crippen LogP) is 4.69. The molecule has 1 nitrogen and oxygen atoms in total. The van der Waals surface area contributed by atoms with E-state index in [9.17, 15) is 0 Å². The van der Waals surface area contributed by atoms with E-state index in [4.69, 9.17) is 15.5 Å². The second-order valence-electron chi connectivity index (χ2n) is 4.00. The zero-order valence-electron chi connectivity index (χ0n) is 9.94. The van der Waals surface area contributed by atoms with Crippen LogP contribution < -0.4 is 0 Å². The van der Waals surface area contributed by atoms with E-state index in [-0.39, 0.29) is 0 Å². The van der Waals surface area contributed by atoms with Crippen molar-refractivity contribution in [2.75, 3.05) is 7.11 Å². The Labute approximate surface area is 95.0 Å². The van der Waals surface area contributed by atoms with Crippen molar-refractivity contribution in [2.45, 2.75) is 64.5 Å². The van der Waals surface area contributed by atoms with Gasteiger partial charge in [0.2, 0.25) is 0 Å². The molecule has 0 bridgehead atoms. The summed E-state index contributed by atoms with van der Waals surface area (Å²) in [5.41, 5.74) is 0. The highest BCUT2D eigenvalue weighted by atomic mass is 35.6. The minimum atomic E-state index is -1.83. The van der Waals surface area contributed by atoms with Crippen molar-refractivity contribution in [2.24, 2.45) is 0 Å². The zero-order valence-corrected chi connectivity index (χ0v) is 11.7. The first-order valence-corrected chi connectivity index (χ1v) is 9.26. The average molecular weight is 237 g/mol. The van der Waals surface area contributed by atoms with E-state index in [0.717, 1.165) is 12.1 Å². The Morgan fingerprint density at radius 1 is 0.929 bits per heavy atom. The van der Waals surface area contributed by atoms with Gasteiger partial charge in [0, 0.05) is 7.11 Å². The van der Waals surface area contributed by atoms with Crippen LogP contribution in [-0.4, -0.2) is 14.7 Å². The number of rotatable bonds is 9. The molecule has 0 saturated carbocycles. The summed E-state index contributed by atoms with van der Waals surface area (Å²) in [6, 6.07) is 2.26. The van der Waals surface area contributed by atoms with Crippen LogP contribution in [-0.2, 0) is 4.43 Å². The summed E-state index contributed by atoms with van der Waals surface area (Å²) in [5, 5.41) is 0. The Bertz CT molecular complexity index is 120. The summed E-state index contributed by atoms with van der Waals surface area (Å²) >= 11 is 6.51. The second-order valence-corrected chi connectivity index (χ2v) is 9.24. The van der Waals surface area contributed by atoms with E-state index >= 15 is 0 Å². The Morgan fingerprint density at radius 3 is 1.64 bits per heavy atom. The van der Waals surface area contributed by atoms with Crippen LogP contribution in [0.15, 0.2) is 0 Å². The monoisotopic (exact) mass is 236 g/mol. The van der Waals surface area contributed by atoms with Gasteiger partial charge in [-0.05, 0) is 12.1 Å². The molecule has 0 rings (SSSR count). The molecule has 0 radical (unpaired) electrons. The first kappa shape index (κ1) is 14.5. The van der Waals surface area contributed by atoms with Crippen LogP contribution in [0.4, 0.5) is 0 Å². The van der Waals surface area contributed by atoms with Gasteiger partial charge in [0.05, 0.1) is 0 Å². The van der Waals surface area contributed by atoms with Crippen LogP contribution in [0.2, 0.25) is 12.1 Å². The predicted molar refractivity (Wildman–Crippen MR) is 67.3 cm³/mol. The molecule has 0 aliphatic heterocycles. The van der Waals surface area contributed by atoms with Crippen molar-refractivity contribution in [3.63, 3.8) is 0 Å². The summed E-state index contributed by atoms with van der Waals surface area (Å²) in [5.74, 6) is 0. The third-order valence-corrected chi connectivity index (χ3v) is 7.20.